The largest absolute Gasteiger partial charge is 0.437 e. The fourth-order valence-corrected chi connectivity index (χ4v) is 1.53. The summed E-state index contributed by atoms with van der Waals surface area (Å²) in [4.78, 5) is 14.1. The first-order valence-corrected chi connectivity index (χ1v) is 5.48. The van der Waals surface area contributed by atoms with Gasteiger partial charge in [-0.1, -0.05) is 17.7 Å². The molecule has 92 valence electrons. The van der Waals surface area contributed by atoms with E-state index in [0.717, 1.165) is 5.56 Å². The van der Waals surface area contributed by atoms with E-state index in [0.29, 0.717) is 11.6 Å². The van der Waals surface area contributed by atoms with Crippen LogP contribution in [-0.2, 0) is 0 Å². The zero-order chi connectivity index (χ0) is 13.1. The van der Waals surface area contributed by atoms with Crippen molar-refractivity contribution < 1.29 is 9.66 Å². The first kappa shape index (κ1) is 12.3. The third kappa shape index (κ3) is 2.75. The molecule has 1 aromatic heterocycles. The number of nitro groups is 1. The molecule has 0 aliphatic rings. The van der Waals surface area contributed by atoms with Crippen LogP contribution in [0.1, 0.15) is 5.56 Å². The Bertz CT molecular complexity index is 584. The van der Waals surface area contributed by atoms with Crippen LogP contribution < -0.4 is 4.74 Å². The summed E-state index contributed by atoms with van der Waals surface area (Å²) < 4.78 is 5.43. The number of rotatable bonds is 3. The zero-order valence-electron chi connectivity index (χ0n) is 9.46. The van der Waals surface area contributed by atoms with Gasteiger partial charge >= 0.3 is 0 Å². The molecule has 0 spiro atoms. The summed E-state index contributed by atoms with van der Waals surface area (Å²) in [5.41, 5.74) is 0.932. The molecule has 0 bridgehead atoms. The van der Waals surface area contributed by atoms with Crippen molar-refractivity contribution in [1.82, 2.24) is 4.98 Å². The van der Waals surface area contributed by atoms with Gasteiger partial charge in [0, 0.05) is 24.4 Å². The molecule has 1 aromatic carbocycles. The SMILES string of the molecule is Cc1ccc(Oc2ccc([N+](=O)[O-])cc2Cl)nc1. The molecule has 2 rings (SSSR count). The number of nitrogens with zero attached hydrogens (tertiary/aromatic N) is 2. The Hall–Kier alpha value is -2.14. The Morgan fingerprint density at radius 2 is 2.11 bits per heavy atom. The summed E-state index contributed by atoms with van der Waals surface area (Å²) in [7, 11) is 0. The number of benzene rings is 1. The number of pyridine rings is 1. The van der Waals surface area contributed by atoms with Crippen molar-refractivity contribution >= 4 is 17.3 Å². The Morgan fingerprint density at radius 3 is 2.67 bits per heavy atom. The highest BCUT2D eigenvalue weighted by Gasteiger charge is 2.11. The van der Waals surface area contributed by atoms with Crippen molar-refractivity contribution in [2.24, 2.45) is 0 Å². The van der Waals surface area contributed by atoms with E-state index in [9.17, 15) is 10.1 Å². The molecule has 0 aliphatic heterocycles. The van der Waals surface area contributed by atoms with Crippen molar-refractivity contribution in [1.29, 1.82) is 0 Å². The molecule has 0 atom stereocenters. The minimum atomic E-state index is -0.514. The van der Waals surface area contributed by atoms with Crippen LogP contribution in [0.5, 0.6) is 11.6 Å². The number of ether oxygens (including phenoxy) is 1. The fourth-order valence-electron chi connectivity index (χ4n) is 1.31. The second-order valence-corrected chi connectivity index (χ2v) is 4.05. The van der Waals surface area contributed by atoms with E-state index < -0.39 is 4.92 Å². The molecular weight excluding hydrogens is 256 g/mol. The summed E-state index contributed by atoms with van der Waals surface area (Å²) >= 11 is 5.90. The summed E-state index contributed by atoms with van der Waals surface area (Å²) in [6.07, 6.45) is 1.66. The maximum Gasteiger partial charge on any atom is 0.271 e. The molecule has 0 amide bonds. The van der Waals surface area contributed by atoms with Gasteiger partial charge in [-0.25, -0.2) is 4.98 Å². The second-order valence-electron chi connectivity index (χ2n) is 3.65. The number of non-ortho nitro benzene ring substituents is 1. The molecular formula is C12H9ClN2O3. The minimum absolute atomic E-state index is 0.0794. The van der Waals surface area contributed by atoms with Gasteiger partial charge in [0.1, 0.15) is 5.75 Å². The Morgan fingerprint density at radius 1 is 1.33 bits per heavy atom. The molecule has 0 saturated heterocycles. The summed E-state index contributed by atoms with van der Waals surface area (Å²) in [5.74, 6) is 0.718. The molecule has 0 aliphatic carbocycles. The lowest BCUT2D eigenvalue weighted by molar-refractivity contribution is -0.384. The lowest BCUT2D eigenvalue weighted by Crippen LogP contribution is -1.91. The molecule has 6 heteroatoms. The number of nitro benzene ring substituents is 1. The molecule has 2 aromatic rings. The molecule has 0 radical (unpaired) electrons. The van der Waals surface area contributed by atoms with E-state index in [2.05, 4.69) is 4.98 Å². The van der Waals surface area contributed by atoms with Gasteiger partial charge in [0.05, 0.1) is 9.95 Å². The topological polar surface area (TPSA) is 65.3 Å². The maximum atomic E-state index is 10.6. The predicted octanol–water partition coefficient (Wildman–Crippen LogP) is 3.74. The Labute approximate surface area is 108 Å². The normalized spacial score (nSPS) is 10.1. The van der Waals surface area contributed by atoms with Crippen LogP contribution in [0.3, 0.4) is 0 Å². The van der Waals surface area contributed by atoms with Crippen molar-refractivity contribution in [3.63, 3.8) is 0 Å². The lowest BCUT2D eigenvalue weighted by Gasteiger charge is -2.06. The average molecular weight is 265 g/mol. The van der Waals surface area contributed by atoms with Crippen molar-refractivity contribution in [3.05, 3.63) is 57.2 Å². The van der Waals surface area contributed by atoms with Gasteiger partial charge in [0.15, 0.2) is 0 Å². The number of aromatic nitrogens is 1. The van der Waals surface area contributed by atoms with Crippen LogP contribution in [0, 0.1) is 17.0 Å². The zero-order valence-corrected chi connectivity index (χ0v) is 10.2. The molecule has 0 N–H and O–H groups in total. The van der Waals surface area contributed by atoms with Crippen LogP contribution >= 0.6 is 11.6 Å². The highest BCUT2D eigenvalue weighted by Crippen LogP contribution is 2.31. The van der Waals surface area contributed by atoms with Gasteiger partial charge in [0.25, 0.3) is 5.69 Å². The minimum Gasteiger partial charge on any atom is -0.437 e. The van der Waals surface area contributed by atoms with Crippen LogP contribution in [-0.4, -0.2) is 9.91 Å². The lowest BCUT2D eigenvalue weighted by atomic mass is 10.3. The molecule has 0 fully saturated rings. The van der Waals surface area contributed by atoms with E-state index in [-0.39, 0.29) is 10.7 Å². The fraction of sp³-hybridized carbons (Fsp3) is 0.0833. The molecule has 0 unspecified atom stereocenters. The first-order valence-electron chi connectivity index (χ1n) is 5.11. The van der Waals surface area contributed by atoms with Crippen molar-refractivity contribution in [3.8, 4) is 11.6 Å². The van der Waals surface area contributed by atoms with Gasteiger partial charge in [-0.2, -0.15) is 0 Å². The number of halogens is 1. The van der Waals surface area contributed by atoms with Gasteiger partial charge in [-0.05, 0) is 18.6 Å². The van der Waals surface area contributed by atoms with E-state index >= 15 is 0 Å². The van der Waals surface area contributed by atoms with Crippen LogP contribution in [0.4, 0.5) is 5.69 Å². The van der Waals surface area contributed by atoms with E-state index in [1.807, 2.05) is 13.0 Å². The predicted molar refractivity (Wildman–Crippen MR) is 67.2 cm³/mol. The summed E-state index contributed by atoms with van der Waals surface area (Å²) in [6.45, 7) is 1.91. The second kappa shape index (κ2) is 5.01. The molecule has 18 heavy (non-hydrogen) atoms. The average Bonchev–Trinajstić information content (AvgIpc) is 2.34. The van der Waals surface area contributed by atoms with Gasteiger partial charge in [-0.15, -0.1) is 0 Å². The monoisotopic (exact) mass is 264 g/mol. The van der Waals surface area contributed by atoms with Gasteiger partial charge < -0.3 is 4.74 Å². The van der Waals surface area contributed by atoms with Gasteiger partial charge in [-0.3, -0.25) is 10.1 Å². The molecule has 0 saturated carbocycles. The number of aryl methyl sites for hydroxylation is 1. The number of hydrogen-bond acceptors (Lipinski definition) is 4. The van der Waals surface area contributed by atoms with Gasteiger partial charge in [0.2, 0.25) is 5.88 Å². The Balaban J connectivity index is 2.24. The highest BCUT2D eigenvalue weighted by atomic mass is 35.5. The van der Waals surface area contributed by atoms with Crippen LogP contribution in [0.25, 0.3) is 0 Å². The van der Waals surface area contributed by atoms with Crippen molar-refractivity contribution in [2.45, 2.75) is 6.92 Å². The van der Waals surface area contributed by atoms with Crippen LogP contribution in [0.15, 0.2) is 36.5 Å². The molecule has 1 heterocycles. The van der Waals surface area contributed by atoms with E-state index in [1.54, 1.807) is 12.3 Å². The molecule has 5 nitrogen and oxygen atoms in total. The van der Waals surface area contributed by atoms with Crippen LogP contribution in [0.2, 0.25) is 5.02 Å². The van der Waals surface area contributed by atoms with E-state index in [1.165, 1.54) is 18.2 Å². The summed E-state index contributed by atoms with van der Waals surface area (Å²) in [5, 5.41) is 10.7. The highest BCUT2D eigenvalue weighted by molar-refractivity contribution is 6.32. The van der Waals surface area contributed by atoms with E-state index in [4.69, 9.17) is 16.3 Å². The van der Waals surface area contributed by atoms with Crippen molar-refractivity contribution in [2.75, 3.05) is 0 Å². The smallest absolute Gasteiger partial charge is 0.271 e. The first-order chi connectivity index (χ1) is 8.56. The standard InChI is InChI=1S/C12H9ClN2O3/c1-8-2-5-12(14-7-8)18-11-4-3-9(15(16)17)6-10(11)13/h2-7H,1H3. The summed E-state index contributed by atoms with van der Waals surface area (Å²) in [6, 6.07) is 7.57. The number of hydrogen-bond donors (Lipinski definition) is 0. The quantitative estimate of drug-likeness (QED) is 0.626. The maximum absolute atomic E-state index is 10.6. The third-order valence-corrected chi connectivity index (χ3v) is 2.52. The Kier molecular flexibility index (Phi) is 3.43. The third-order valence-electron chi connectivity index (χ3n) is 2.23.